The zero-order valence-electron chi connectivity index (χ0n) is 12.0. The molecule has 3 aromatic rings. The maximum atomic E-state index is 13.2. The second-order valence-electron chi connectivity index (χ2n) is 5.00. The molecular formula is C15H12F3N3O2. The molecule has 0 aliphatic heterocycles. The number of hydrogen-bond acceptors (Lipinski definition) is 3. The summed E-state index contributed by atoms with van der Waals surface area (Å²) in [7, 11) is 0. The van der Waals surface area contributed by atoms with Gasteiger partial charge in [0.1, 0.15) is 17.1 Å². The molecule has 3 aromatic heterocycles. The van der Waals surface area contributed by atoms with Crippen LogP contribution < -0.4 is 5.32 Å². The number of rotatable bonds is 3. The maximum absolute atomic E-state index is 13.2. The highest BCUT2D eigenvalue weighted by Gasteiger charge is 2.40. The highest BCUT2D eigenvalue weighted by Crippen LogP contribution is 2.32. The number of carbonyl (C=O) groups excluding carboxylic acids is 1. The van der Waals surface area contributed by atoms with E-state index in [9.17, 15) is 18.0 Å². The van der Waals surface area contributed by atoms with Crippen molar-refractivity contribution in [2.45, 2.75) is 19.6 Å². The van der Waals surface area contributed by atoms with E-state index in [1.165, 1.54) is 18.5 Å². The van der Waals surface area contributed by atoms with Gasteiger partial charge in [0.05, 0.1) is 12.8 Å². The topological polar surface area (TPSA) is 59.5 Å². The highest BCUT2D eigenvalue weighted by molar-refractivity contribution is 5.94. The predicted molar refractivity (Wildman–Crippen MR) is 74.8 cm³/mol. The number of fused-ring (bicyclic) bond motifs is 1. The number of nitrogens with one attached hydrogen (secondary N) is 1. The van der Waals surface area contributed by atoms with Crippen LogP contribution >= 0.6 is 0 Å². The van der Waals surface area contributed by atoms with Crippen molar-refractivity contribution in [3.8, 4) is 0 Å². The summed E-state index contributed by atoms with van der Waals surface area (Å²) in [6, 6.07) is 6.31. The lowest BCUT2D eigenvalue weighted by Crippen LogP contribution is -2.27. The van der Waals surface area contributed by atoms with Crippen LogP contribution in [0.2, 0.25) is 0 Å². The summed E-state index contributed by atoms with van der Waals surface area (Å²) < 4.78 is 45.8. The Morgan fingerprint density at radius 3 is 2.78 bits per heavy atom. The van der Waals surface area contributed by atoms with Crippen LogP contribution in [0.15, 0.2) is 41.1 Å². The number of amides is 1. The standard InChI is InChI=1S/C15H12F3N3O2/c1-9-4-5-11-20-13(15(16,17)18)12(21(11)8-9)14(22)19-7-10-3-2-6-23-10/h2-6,8H,7H2,1H3,(H,19,22). The zero-order valence-corrected chi connectivity index (χ0v) is 12.0. The molecule has 1 N–H and O–H groups in total. The highest BCUT2D eigenvalue weighted by atomic mass is 19.4. The molecule has 5 nitrogen and oxygen atoms in total. The largest absolute Gasteiger partial charge is 0.467 e. The van der Waals surface area contributed by atoms with Crippen LogP contribution in [0.4, 0.5) is 13.2 Å². The molecule has 1 amide bonds. The van der Waals surface area contributed by atoms with Crippen LogP contribution in [0.3, 0.4) is 0 Å². The number of carbonyl (C=O) groups is 1. The SMILES string of the molecule is Cc1ccc2nc(C(F)(F)F)c(C(=O)NCc3ccco3)n2c1. The van der Waals surface area contributed by atoms with Gasteiger partial charge in [0.2, 0.25) is 0 Å². The van der Waals surface area contributed by atoms with Gasteiger partial charge in [0.25, 0.3) is 5.91 Å². The van der Waals surface area contributed by atoms with Gasteiger partial charge in [-0.1, -0.05) is 6.07 Å². The number of halogens is 3. The Bertz CT molecular complexity index is 851. The second-order valence-corrected chi connectivity index (χ2v) is 5.00. The summed E-state index contributed by atoms with van der Waals surface area (Å²) in [5.41, 5.74) is -0.974. The first-order valence-corrected chi connectivity index (χ1v) is 6.73. The smallest absolute Gasteiger partial charge is 0.435 e. The number of aryl methyl sites for hydroxylation is 1. The van der Waals surface area contributed by atoms with Crippen molar-refractivity contribution in [1.82, 2.24) is 14.7 Å². The van der Waals surface area contributed by atoms with Gasteiger partial charge in [-0.25, -0.2) is 4.98 Å². The van der Waals surface area contributed by atoms with Gasteiger partial charge in [-0.2, -0.15) is 13.2 Å². The molecule has 0 atom stereocenters. The fourth-order valence-electron chi connectivity index (χ4n) is 2.23. The van der Waals surface area contributed by atoms with E-state index in [2.05, 4.69) is 10.3 Å². The van der Waals surface area contributed by atoms with Gasteiger partial charge in [-0.3, -0.25) is 9.20 Å². The first kappa shape index (κ1) is 15.1. The number of alkyl halides is 3. The van der Waals surface area contributed by atoms with Crippen molar-refractivity contribution in [1.29, 1.82) is 0 Å². The molecule has 0 aliphatic rings. The minimum atomic E-state index is -4.72. The summed E-state index contributed by atoms with van der Waals surface area (Å²) in [4.78, 5) is 15.8. The van der Waals surface area contributed by atoms with E-state index in [-0.39, 0.29) is 12.2 Å². The van der Waals surface area contributed by atoms with Crippen molar-refractivity contribution in [2.24, 2.45) is 0 Å². The average Bonchev–Trinajstić information content (AvgIpc) is 3.11. The molecule has 0 unspecified atom stereocenters. The molecule has 0 bridgehead atoms. The van der Waals surface area contributed by atoms with Gasteiger partial charge in [0.15, 0.2) is 5.69 Å². The van der Waals surface area contributed by atoms with Gasteiger partial charge < -0.3 is 9.73 Å². The third-order valence-corrected chi connectivity index (χ3v) is 3.25. The molecule has 0 aromatic carbocycles. The van der Waals surface area contributed by atoms with Crippen LogP contribution in [0.1, 0.15) is 27.5 Å². The van der Waals surface area contributed by atoms with E-state index >= 15 is 0 Å². The first-order valence-electron chi connectivity index (χ1n) is 6.73. The Morgan fingerprint density at radius 1 is 1.35 bits per heavy atom. The Morgan fingerprint density at radius 2 is 2.13 bits per heavy atom. The fraction of sp³-hybridized carbons (Fsp3) is 0.200. The summed E-state index contributed by atoms with van der Waals surface area (Å²) in [5, 5.41) is 2.42. The number of pyridine rings is 1. The van der Waals surface area contributed by atoms with E-state index < -0.39 is 23.5 Å². The number of hydrogen-bond donors (Lipinski definition) is 1. The van der Waals surface area contributed by atoms with Crippen LogP contribution in [-0.4, -0.2) is 15.3 Å². The normalized spacial score (nSPS) is 11.8. The lowest BCUT2D eigenvalue weighted by atomic mass is 10.2. The summed E-state index contributed by atoms with van der Waals surface area (Å²) in [6.45, 7) is 1.71. The fourth-order valence-corrected chi connectivity index (χ4v) is 2.23. The van der Waals surface area contributed by atoms with Crippen LogP contribution in [-0.2, 0) is 12.7 Å². The minimum absolute atomic E-state index is 0.0117. The molecular weight excluding hydrogens is 311 g/mol. The lowest BCUT2D eigenvalue weighted by molar-refractivity contribution is -0.141. The van der Waals surface area contributed by atoms with Crippen molar-refractivity contribution < 1.29 is 22.4 Å². The van der Waals surface area contributed by atoms with Crippen molar-refractivity contribution in [3.05, 3.63) is 59.4 Å². The number of nitrogens with zero attached hydrogens (tertiary/aromatic N) is 2. The van der Waals surface area contributed by atoms with E-state index in [4.69, 9.17) is 4.42 Å². The maximum Gasteiger partial charge on any atom is 0.435 e. The van der Waals surface area contributed by atoms with E-state index in [1.807, 2.05) is 0 Å². The molecule has 120 valence electrons. The van der Waals surface area contributed by atoms with E-state index in [1.54, 1.807) is 25.1 Å². The summed E-state index contributed by atoms with van der Waals surface area (Å²) >= 11 is 0. The molecule has 0 radical (unpaired) electrons. The second kappa shape index (κ2) is 5.45. The van der Waals surface area contributed by atoms with Crippen LogP contribution in [0.5, 0.6) is 0 Å². The van der Waals surface area contributed by atoms with Crippen molar-refractivity contribution in [3.63, 3.8) is 0 Å². The minimum Gasteiger partial charge on any atom is -0.467 e. The van der Waals surface area contributed by atoms with Gasteiger partial charge in [-0.15, -0.1) is 0 Å². The molecule has 0 saturated carbocycles. The Balaban J connectivity index is 2.02. The predicted octanol–water partition coefficient (Wildman–Crippen LogP) is 3.18. The molecule has 23 heavy (non-hydrogen) atoms. The molecule has 0 aliphatic carbocycles. The van der Waals surface area contributed by atoms with Crippen molar-refractivity contribution in [2.75, 3.05) is 0 Å². The molecule has 3 rings (SSSR count). The Hall–Kier alpha value is -2.77. The number of imidazole rings is 1. The van der Waals surface area contributed by atoms with Crippen LogP contribution in [0.25, 0.3) is 5.65 Å². The summed E-state index contributed by atoms with van der Waals surface area (Å²) in [6.07, 6.45) is -1.86. The average molecular weight is 323 g/mol. The van der Waals surface area contributed by atoms with Crippen LogP contribution in [0, 0.1) is 6.92 Å². The van der Waals surface area contributed by atoms with E-state index in [0.717, 1.165) is 4.40 Å². The van der Waals surface area contributed by atoms with Gasteiger partial charge in [-0.05, 0) is 30.7 Å². The van der Waals surface area contributed by atoms with E-state index in [0.29, 0.717) is 11.3 Å². The molecule has 0 fully saturated rings. The molecule has 0 spiro atoms. The Labute approximate surface area is 128 Å². The molecule has 3 heterocycles. The van der Waals surface area contributed by atoms with Crippen molar-refractivity contribution >= 4 is 11.6 Å². The first-order chi connectivity index (χ1) is 10.9. The molecule has 8 heteroatoms. The third kappa shape index (κ3) is 2.92. The quantitative estimate of drug-likeness (QED) is 0.805. The number of aromatic nitrogens is 2. The third-order valence-electron chi connectivity index (χ3n) is 3.25. The summed E-state index contributed by atoms with van der Waals surface area (Å²) in [5.74, 6) is -0.427. The van der Waals surface area contributed by atoms with Gasteiger partial charge >= 0.3 is 6.18 Å². The lowest BCUT2D eigenvalue weighted by Gasteiger charge is -2.08. The molecule has 0 saturated heterocycles. The monoisotopic (exact) mass is 323 g/mol. The number of furan rings is 1. The Kier molecular flexibility index (Phi) is 3.59. The zero-order chi connectivity index (χ0) is 16.6. The van der Waals surface area contributed by atoms with Gasteiger partial charge in [0, 0.05) is 6.20 Å².